The van der Waals surface area contributed by atoms with Crippen LogP contribution in [0.25, 0.3) is 0 Å². The summed E-state index contributed by atoms with van der Waals surface area (Å²) in [7, 11) is -3.65. The van der Waals surface area contributed by atoms with Gasteiger partial charge in [-0.2, -0.15) is 4.31 Å². The van der Waals surface area contributed by atoms with Crippen LogP contribution in [0.15, 0.2) is 41.3 Å². The van der Waals surface area contributed by atoms with Crippen LogP contribution >= 0.6 is 23.2 Å². The Kier molecular flexibility index (Phi) is 6.33. The number of rotatable bonds is 5. The Morgan fingerprint density at radius 1 is 1.19 bits per heavy atom. The molecule has 0 amide bonds. The molecule has 1 heterocycles. The fourth-order valence-electron chi connectivity index (χ4n) is 3.06. The van der Waals surface area contributed by atoms with E-state index in [1.165, 1.54) is 4.31 Å². The van der Waals surface area contributed by atoms with Crippen molar-refractivity contribution >= 4 is 33.2 Å². The maximum atomic E-state index is 13.1. The normalized spacial score (nSPS) is 18.4. The molecule has 27 heavy (non-hydrogen) atoms. The highest BCUT2D eigenvalue weighted by atomic mass is 35.5. The van der Waals surface area contributed by atoms with Crippen molar-refractivity contribution in [1.82, 2.24) is 4.31 Å². The molecule has 1 saturated heterocycles. The molecule has 0 bridgehead atoms. The van der Waals surface area contributed by atoms with E-state index in [1.807, 2.05) is 13.8 Å². The third kappa shape index (κ3) is 4.58. The average molecular weight is 430 g/mol. The first kappa shape index (κ1) is 20.4. The minimum Gasteiger partial charge on any atom is -0.494 e. The quantitative estimate of drug-likeness (QED) is 0.703. The Labute approximate surface area is 169 Å². The van der Waals surface area contributed by atoms with Crippen molar-refractivity contribution in [2.45, 2.75) is 24.8 Å². The number of halogens is 2. The summed E-state index contributed by atoms with van der Waals surface area (Å²) < 4.78 is 38.9. The third-order valence-corrected chi connectivity index (χ3v) is 6.67. The Bertz CT molecular complexity index is 913. The fourth-order valence-corrected chi connectivity index (χ4v) is 5.11. The summed E-state index contributed by atoms with van der Waals surface area (Å²) >= 11 is 12.1. The van der Waals surface area contributed by atoms with Crippen LogP contribution < -0.4 is 4.74 Å². The van der Waals surface area contributed by atoms with E-state index in [0.29, 0.717) is 35.6 Å². The Morgan fingerprint density at radius 2 is 1.89 bits per heavy atom. The first-order chi connectivity index (χ1) is 12.8. The van der Waals surface area contributed by atoms with Crippen molar-refractivity contribution in [3.05, 3.63) is 57.6 Å². The molecular formula is C19H21Cl2NO4S. The van der Waals surface area contributed by atoms with Crippen molar-refractivity contribution in [2.75, 3.05) is 26.3 Å². The molecule has 0 aliphatic carbocycles. The number of hydrogen-bond acceptors (Lipinski definition) is 4. The van der Waals surface area contributed by atoms with Gasteiger partial charge in [0, 0.05) is 23.1 Å². The van der Waals surface area contributed by atoms with Crippen molar-refractivity contribution in [2.24, 2.45) is 0 Å². The highest BCUT2D eigenvalue weighted by Crippen LogP contribution is 2.31. The molecule has 0 spiro atoms. The molecule has 1 aliphatic rings. The van der Waals surface area contributed by atoms with Crippen molar-refractivity contribution in [3.63, 3.8) is 0 Å². The van der Waals surface area contributed by atoms with Crippen LogP contribution in [0.5, 0.6) is 5.75 Å². The molecule has 2 aromatic rings. The van der Waals surface area contributed by atoms with E-state index in [4.69, 9.17) is 32.7 Å². The molecule has 0 N–H and O–H groups in total. The number of aryl methyl sites for hydroxylation is 1. The molecule has 1 unspecified atom stereocenters. The zero-order chi connectivity index (χ0) is 19.6. The SMILES string of the molecule is CCOc1ccc(S(=O)(=O)N2CCOC(c3cc(Cl)cc(Cl)c3)C2)cc1C. The molecule has 1 fully saturated rings. The second kappa shape index (κ2) is 8.37. The van der Waals surface area contributed by atoms with Crippen LogP contribution in [-0.4, -0.2) is 39.0 Å². The molecule has 0 radical (unpaired) electrons. The van der Waals surface area contributed by atoms with Crippen LogP contribution in [0, 0.1) is 6.92 Å². The Morgan fingerprint density at radius 3 is 2.52 bits per heavy atom. The first-order valence-electron chi connectivity index (χ1n) is 8.62. The largest absolute Gasteiger partial charge is 0.494 e. The summed E-state index contributed by atoms with van der Waals surface area (Å²) in [5.74, 6) is 0.685. The predicted octanol–water partition coefficient (Wildman–Crippen LogP) is 4.46. The summed E-state index contributed by atoms with van der Waals surface area (Å²) in [5.41, 5.74) is 1.54. The van der Waals surface area contributed by atoms with Crippen molar-refractivity contribution < 1.29 is 17.9 Å². The van der Waals surface area contributed by atoms with Gasteiger partial charge in [0.25, 0.3) is 0 Å². The summed E-state index contributed by atoms with van der Waals surface area (Å²) in [5, 5.41) is 0.978. The molecule has 146 valence electrons. The lowest BCUT2D eigenvalue weighted by atomic mass is 10.1. The van der Waals surface area contributed by atoms with Gasteiger partial charge in [-0.15, -0.1) is 0 Å². The monoisotopic (exact) mass is 429 g/mol. The van der Waals surface area contributed by atoms with Gasteiger partial charge in [0.1, 0.15) is 5.75 Å². The van der Waals surface area contributed by atoms with Gasteiger partial charge in [0.05, 0.1) is 24.2 Å². The molecule has 0 saturated carbocycles. The van der Waals surface area contributed by atoms with E-state index in [2.05, 4.69) is 0 Å². The zero-order valence-electron chi connectivity index (χ0n) is 15.1. The average Bonchev–Trinajstić information content (AvgIpc) is 2.63. The lowest BCUT2D eigenvalue weighted by molar-refractivity contribution is -0.00254. The zero-order valence-corrected chi connectivity index (χ0v) is 17.4. The molecular weight excluding hydrogens is 409 g/mol. The van der Waals surface area contributed by atoms with E-state index >= 15 is 0 Å². The molecule has 0 aromatic heterocycles. The lowest BCUT2D eigenvalue weighted by Gasteiger charge is -2.32. The highest BCUT2D eigenvalue weighted by Gasteiger charge is 2.32. The van der Waals surface area contributed by atoms with Gasteiger partial charge in [0.2, 0.25) is 10.0 Å². The van der Waals surface area contributed by atoms with Gasteiger partial charge >= 0.3 is 0 Å². The first-order valence-corrected chi connectivity index (χ1v) is 10.8. The Hall–Kier alpha value is -1.31. The topological polar surface area (TPSA) is 55.8 Å². The smallest absolute Gasteiger partial charge is 0.243 e. The number of sulfonamides is 1. The standard InChI is InChI=1S/C19H21Cl2NO4S/c1-3-25-18-5-4-17(8-13(18)2)27(23,24)22-6-7-26-19(12-22)14-9-15(20)11-16(21)10-14/h4-5,8-11,19H,3,6-7,12H2,1-2H3. The van der Waals surface area contributed by atoms with Gasteiger partial charge in [-0.3, -0.25) is 0 Å². The van der Waals surface area contributed by atoms with E-state index in [9.17, 15) is 8.42 Å². The summed E-state index contributed by atoms with van der Waals surface area (Å²) in [6.45, 7) is 5.04. The molecule has 3 rings (SSSR count). The lowest BCUT2D eigenvalue weighted by Crippen LogP contribution is -2.42. The van der Waals surface area contributed by atoms with Gasteiger partial charge in [-0.1, -0.05) is 23.2 Å². The summed E-state index contributed by atoms with van der Waals surface area (Å²) in [6, 6.07) is 10.0. The molecule has 5 nitrogen and oxygen atoms in total. The molecule has 8 heteroatoms. The van der Waals surface area contributed by atoms with Crippen molar-refractivity contribution in [1.29, 1.82) is 0 Å². The van der Waals surface area contributed by atoms with E-state index < -0.39 is 16.1 Å². The van der Waals surface area contributed by atoms with Crippen LogP contribution in [0.3, 0.4) is 0 Å². The van der Waals surface area contributed by atoms with Crippen molar-refractivity contribution in [3.8, 4) is 5.75 Å². The second-order valence-electron chi connectivity index (χ2n) is 6.29. The van der Waals surface area contributed by atoms with Crippen LogP contribution in [-0.2, 0) is 14.8 Å². The van der Waals surface area contributed by atoms with Crippen LogP contribution in [0.4, 0.5) is 0 Å². The number of morpholine rings is 1. The van der Waals surface area contributed by atoms with Gasteiger partial charge < -0.3 is 9.47 Å². The predicted molar refractivity (Wildman–Crippen MR) is 106 cm³/mol. The summed E-state index contributed by atoms with van der Waals surface area (Å²) in [4.78, 5) is 0.244. The van der Waals surface area contributed by atoms with Gasteiger partial charge in [0.15, 0.2) is 0 Å². The minimum absolute atomic E-state index is 0.200. The number of ether oxygens (including phenoxy) is 2. The molecule has 1 atom stereocenters. The number of nitrogens with zero attached hydrogens (tertiary/aromatic N) is 1. The maximum absolute atomic E-state index is 13.1. The van der Waals surface area contributed by atoms with Crippen LogP contribution in [0.2, 0.25) is 10.0 Å². The molecule has 1 aliphatic heterocycles. The number of hydrogen-bond donors (Lipinski definition) is 0. The van der Waals surface area contributed by atoms with Gasteiger partial charge in [-0.05, 0) is 61.4 Å². The van der Waals surface area contributed by atoms with Crippen LogP contribution in [0.1, 0.15) is 24.2 Å². The third-order valence-electron chi connectivity index (χ3n) is 4.37. The fraction of sp³-hybridized carbons (Fsp3) is 0.368. The maximum Gasteiger partial charge on any atom is 0.243 e. The highest BCUT2D eigenvalue weighted by molar-refractivity contribution is 7.89. The second-order valence-corrected chi connectivity index (χ2v) is 9.10. The molecule has 2 aromatic carbocycles. The van der Waals surface area contributed by atoms with Gasteiger partial charge in [-0.25, -0.2) is 8.42 Å². The van der Waals surface area contributed by atoms with E-state index in [1.54, 1.807) is 36.4 Å². The summed E-state index contributed by atoms with van der Waals surface area (Å²) in [6.07, 6.45) is -0.423. The Balaban J connectivity index is 1.85. The van der Waals surface area contributed by atoms with E-state index in [0.717, 1.165) is 11.1 Å². The minimum atomic E-state index is -3.65. The van der Waals surface area contributed by atoms with E-state index in [-0.39, 0.29) is 11.4 Å². The number of benzene rings is 2.